The zero-order valence-corrected chi connectivity index (χ0v) is 15.8. The van der Waals surface area contributed by atoms with E-state index in [1.165, 1.54) is 0 Å². The van der Waals surface area contributed by atoms with E-state index in [1.807, 2.05) is 30.3 Å². The number of rotatable bonds is 4. The predicted octanol–water partition coefficient (Wildman–Crippen LogP) is 4.39. The van der Waals surface area contributed by atoms with Gasteiger partial charge in [-0.1, -0.05) is 30.2 Å². The van der Waals surface area contributed by atoms with Crippen LogP contribution in [0, 0.1) is 5.92 Å². The summed E-state index contributed by atoms with van der Waals surface area (Å²) in [6.45, 7) is 2.16. The molecule has 2 aliphatic rings. The lowest BCUT2D eigenvalue weighted by Gasteiger charge is -2.33. The number of hydrogen-bond donors (Lipinski definition) is 1. The lowest BCUT2D eigenvalue weighted by Crippen LogP contribution is -2.44. The number of carbonyl (C=O) groups is 2. The number of nitrogens with zero attached hydrogens (tertiary/aromatic N) is 1. The quantitative estimate of drug-likeness (QED) is 0.850. The van der Waals surface area contributed by atoms with Crippen LogP contribution in [0.1, 0.15) is 31.7 Å². The fourth-order valence-corrected chi connectivity index (χ4v) is 3.46. The number of anilines is 2. The number of ether oxygens (including phenoxy) is 1. The van der Waals surface area contributed by atoms with Gasteiger partial charge in [-0.2, -0.15) is 0 Å². The largest absolute Gasteiger partial charge is 0.479 e. The van der Waals surface area contributed by atoms with E-state index in [0.29, 0.717) is 28.7 Å². The maximum absolute atomic E-state index is 12.7. The molecule has 0 saturated heterocycles. The molecule has 2 amide bonds. The van der Waals surface area contributed by atoms with Crippen molar-refractivity contribution < 1.29 is 14.3 Å². The Hall–Kier alpha value is -2.53. The Bertz CT molecular complexity index is 877. The Balaban J connectivity index is 1.61. The molecule has 2 aromatic rings. The summed E-state index contributed by atoms with van der Waals surface area (Å²) in [5.74, 6) is 0.670. The Morgan fingerprint density at radius 2 is 1.96 bits per heavy atom. The highest BCUT2D eigenvalue weighted by Crippen LogP contribution is 2.38. The predicted molar refractivity (Wildman–Crippen MR) is 105 cm³/mol. The monoisotopic (exact) mass is 384 g/mol. The first kappa shape index (κ1) is 17.9. The summed E-state index contributed by atoms with van der Waals surface area (Å²) in [7, 11) is 0. The molecule has 1 N–H and O–H groups in total. The topological polar surface area (TPSA) is 58.6 Å². The van der Waals surface area contributed by atoms with E-state index in [-0.39, 0.29) is 17.7 Å². The van der Waals surface area contributed by atoms with Gasteiger partial charge in [0.05, 0.1) is 12.2 Å². The molecule has 1 aliphatic heterocycles. The summed E-state index contributed by atoms with van der Waals surface area (Å²) < 4.78 is 5.75. The van der Waals surface area contributed by atoms with E-state index in [0.717, 1.165) is 24.8 Å². The fourth-order valence-electron chi connectivity index (χ4n) is 3.33. The summed E-state index contributed by atoms with van der Waals surface area (Å²) in [5.41, 5.74) is 2.31. The van der Waals surface area contributed by atoms with Crippen LogP contribution in [0.2, 0.25) is 5.02 Å². The molecule has 2 aromatic carbocycles. The third kappa shape index (κ3) is 3.65. The molecule has 1 atom stereocenters. The van der Waals surface area contributed by atoms with Crippen LogP contribution < -0.4 is 15.0 Å². The third-order valence-corrected chi connectivity index (χ3v) is 5.42. The molecule has 5 nitrogen and oxygen atoms in total. The van der Waals surface area contributed by atoms with Crippen molar-refractivity contribution in [2.75, 3.05) is 10.2 Å². The lowest BCUT2D eigenvalue weighted by atomic mass is 9.85. The summed E-state index contributed by atoms with van der Waals surface area (Å²) in [4.78, 5) is 26.7. The van der Waals surface area contributed by atoms with Gasteiger partial charge in [0.15, 0.2) is 6.10 Å². The summed E-state index contributed by atoms with van der Waals surface area (Å²) in [6, 6.07) is 12.9. The number of benzene rings is 2. The number of halogens is 1. The van der Waals surface area contributed by atoms with Gasteiger partial charge >= 0.3 is 0 Å². The molecule has 0 bridgehead atoms. The molecule has 1 saturated carbocycles. The Labute approximate surface area is 163 Å². The van der Waals surface area contributed by atoms with E-state index in [1.54, 1.807) is 24.0 Å². The van der Waals surface area contributed by atoms with Crippen molar-refractivity contribution in [2.24, 2.45) is 5.92 Å². The minimum Gasteiger partial charge on any atom is -0.479 e. The molecular formula is C21H21ClN2O3. The van der Waals surface area contributed by atoms with Crippen molar-refractivity contribution in [3.05, 3.63) is 53.1 Å². The second-order valence-corrected chi connectivity index (χ2v) is 7.55. The zero-order chi connectivity index (χ0) is 19.0. The van der Waals surface area contributed by atoms with Crippen molar-refractivity contribution in [3.8, 4) is 5.75 Å². The number of nitrogens with one attached hydrogen (secondary N) is 1. The number of carbonyl (C=O) groups excluding carboxylic acids is 2. The first-order chi connectivity index (χ1) is 13.0. The molecule has 0 radical (unpaired) electrons. The third-order valence-electron chi connectivity index (χ3n) is 5.16. The summed E-state index contributed by atoms with van der Waals surface area (Å²) >= 11 is 5.96. The standard InChI is InChI=1S/C21H21ClN2O3/c1-13-21(26)24(12-14-5-7-16(22)8-6-14)18-11-17(9-10-19(18)27-13)23-20(25)15-3-2-4-15/h5-11,13,15H,2-4,12H2,1H3,(H,23,25). The van der Waals surface area contributed by atoms with Crippen LogP contribution in [0.15, 0.2) is 42.5 Å². The highest BCUT2D eigenvalue weighted by molar-refractivity contribution is 6.30. The van der Waals surface area contributed by atoms with Crippen molar-refractivity contribution >= 4 is 34.8 Å². The van der Waals surface area contributed by atoms with Gasteiger partial charge in [0.1, 0.15) is 5.75 Å². The molecule has 1 aliphatic carbocycles. The average Bonchev–Trinajstić information content (AvgIpc) is 2.59. The molecule has 6 heteroatoms. The van der Waals surface area contributed by atoms with Gasteiger partial charge < -0.3 is 15.0 Å². The molecule has 140 valence electrons. The normalized spacial score (nSPS) is 19.1. The van der Waals surface area contributed by atoms with Gasteiger partial charge in [-0.05, 0) is 55.7 Å². The Morgan fingerprint density at radius 1 is 1.22 bits per heavy atom. The average molecular weight is 385 g/mol. The Kier molecular flexibility index (Phi) is 4.79. The second kappa shape index (κ2) is 7.24. The van der Waals surface area contributed by atoms with Gasteiger partial charge in [0, 0.05) is 16.6 Å². The number of fused-ring (bicyclic) bond motifs is 1. The molecule has 1 heterocycles. The van der Waals surface area contributed by atoms with Crippen molar-refractivity contribution in [1.82, 2.24) is 0 Å². The highest BCUT2D eigenvalue weighted by Gasteiger charge is 2.32. The Morgan fingerprint density at radius 3 is 2.63 bits per heavy atom. The van der Waals surface area contributed by atoms with Crippen LogP contribution >= 0.6 is 11.6 Å². The van der Waals surface area contributed by atoms with E-state index in [2.05, 4.69) is 5.32 Å². The van der Waals surface area contributed by atoms with E-state index in [9.17, 15) is 9.59 Å². The molecule has 0 aromatic heterocycles. The van der Waals surface area contributed by atoms with Crippen molar-refractivity contribution in [1.29, 1.82) is 0 Å². The van der Waals surface area contributed by atoms with Crippen LogP contribution in [0.5, 0.6) is 5.75 Å². The van der Waals surface area contributed by atoms with Crippen LogP contribution in [-0.4, -0.2) is 17.9 Å². The number of amides is 2. The molecule has 27 heavy (non-hydrogen) atoms. The van der Waals surface area contributed by atoms with Gasteiger partial charge in [0.2, 0.25) is 5.91 Å². The summed E-state index contributed by atoms with van der Waals surface area (Å²) in [5, 5.41) is 3.62. The fraction of sp³-hybridized carbons (Fsp3) is 0.333. The molecular weight excluding hydrogens is 364 g/mol. The SMILES string of the molecule is CC1Oc2ccc(NC(=O)C3CCC3)cc2N(Cc2ccc(Cl)cc2)C1=O. The van der Waals surface area contributed by atoms with Crippen LogP contribution in [-0.2, 0) is 16.1 Å². The first-order valence-corrected chi connectivity index (χ1v) is 9.56. The molecule has 0 spiro atoms. The molecule has 1 unspecified atom stereocenters. The van der Waals surface area contributed by atoms with E-state index >= 15 is 0 Å². The summed E-state index contributed by atoms with van der Waals surface area (Å²) in [6.07, 6.45) is 2.44. The van der Waals surface area contributed by atoms with E-state index < -0.39 is 6.10 Å². The minimum atomic E-state index is -0.555. The van der Waals surface area contributed by atoms with Gasteiger partial charge in [-0.15, -0.1) is 0 Å². The van der Waals surface area contributed by atoms with Gasteiger partial charge in [0.25, 0.3) is 5.91 Å². The van der Waals surface area contributed by atoms with Gasteiger partial charge in [-0.25, -0.2) is 0 Å². The smallest absolute Gasteiger partial charge is 0.268 e. The second-order valence-electron chi connectivity index (χ2n) is 7.11. The maximum atomic E-state index is 12.7. The van der Waals surface area contributed by atoms with Crippen LogP contribution in [0.3, 0.4) is 0 Å². The first-order valence-electron chi connectivity index (χ1n) is 9.18. The maximum Gasteiger partial charge on any atom is 0.268 e. The van der Waals surface area contributed by atoms with Crippen molar-refractivity contribution in [3.63, 3.8) is 0 Å². The zero-order valence-electron chi connectivity index (χ0n) is 15.1. The molecule has 1 fully saturated rings. The van der Waals surface area contributed by atoms with E-state index in [4.69, 9.17) is 16.3 Å². The highest BCUT2D eigenvalue weighted by atomic mass is 35.5. The van der Waals surface area contributed by atoms with Gasteiger partial charge in [-0.3, -0.25) is 9.59 Å². The molecule has 4 rings (SSSR count). The minimum absolute atomic E-state index is 0.0434. The van der Waals surface area contributed by atoms with Crippen LogP contribution in [0.4, 0.5) is 11.4 Å². The van der Waals surface area contributed by atoms with Crippen LogP contribution in [0.25, 0.3) is 0 Å². The van der Waals surface area contributed by atoms with Crippen molar-refractivity contribution in [2.45, 2.75) is 38.8 Å². The lowest BCUT2D eigenvalue weighted by molar-refractivity contribution is -0.125. The number of hydrogen-bond acceptors (Lipinski definition) is 3.